The Morgan fingerprint density at radius 2 is 0.783 bits per heavy atom. The third-order valence-electron chi connectivity index (χ3n) is 14.1. The van der Waals surface area contributed by atoms with Crippen LogP contribution >= 0.6 is 0 Å². The first-order valence-corrected chi connectivity index (χ1v) is 21.3. The second-order valence-electron chi connectivity index (χ2n) is 18.0. The molecule has 0 heterocycles. The smallest absolute Gasteiger partial charge is 0.0159 e. The quantitative estimate of drug-likeness (QED) is 0.124. The van der Waals surface area contributed by atoms with Crippen LogP contribution in [0.2, 0.25) is 0 Å². The average Bonchev–Trinajstić information content (AvgIpc) is 3.66. The van der Waals surface area contributed by atoms with Crippen molar-refractivity contribution >= 4 is 32.3 Å². The van der Waals surface area contributed by atoms with Crippen LogP contribution < -0.4 is 0 Å². The molecule has 0 fully saturated rings. The lowest BCUT2D eigenvalue weighted by atomic mass is 9.79. The van der Waals surface area contributed by atoms with Crippen LogP contribution in [0.1, 0.15) is 49.9 Å². The fraction of sp³-hybridized carbons (Fsp3) is 0.100. The first-order valence-electron chi connectivity index (χ1n) is 21.3. The summed E-state index contributed by atoms with van der Waals surface area (Å²) in [6.07, 6.45) is 0. The van der Waals surface area contributed by atoms with Crippen LogP contribution in [0.3, 0.4) is 0 Å². The van der Waals surface area contributed by atoms with E-state index < -0.39 is 0 Å². The van der Waals surface area contributed by atoms with Crippen molar-refractivity contribution in [1.82, 2.24) is 0 Å². The van der Waals surface area contributed by atoms with Gasteiger partial charge in [-0.2, -0.15) is 0 Å². The lowest BCUT2D eigenvalue weighted by molar-refractivity contribution is 0.652. The van der Waals surface area contributed by atoms with E-state index in [1.165, 1.54) is 121 Å². The molecule has 10 aromatic carbocycles. The molecule has 284 valence electrons. The van der Waals surface area contributed by atoms with E-state index in [-0.39, 0.29) is 10.8 Å². The molecule has 0 atom stereocenters. The number of benzene rings is 10. The van der Waals surface area contributed by atoms with Gasteiger partial charge < -0.3 is 0 Å². The molecule has 0 radical (unpaired) electrons. The van der Waals surface area contributed by atoms with Crippen LogP contribution in [0, 0.1) is 0 Å². The van der Waals surface area contributed by atoms with Gasteiger partial charge in [0.25, 0.3) is 0 Å². The number of fused-ring (bicyclic) bond motifs is 10. The molecule has 0 nitrogen and oxygen atoms in total. The molecule has 0 spiro atoms. The van der Waals surface area contributed by atoms with Crippen molar-refractivity contribution in [2.24, 2.45) is 0 Å². The van der Waals surface area contributed by atoms with E-state index in [4.69, 9.17) is 0 Å². The molecule has 0 saturated carbocycles. The highest BCUT2D eigenvalue weighted by Gasteiger charge is 2.41. The minimum absolute atomic E-state index is 0.0216. The lowest BCUT2D eigenvalue weighted by Gasteiger charge is -2.24. The van der Waals surface area contributed by atoms with Gasteiger partial charge in [0, 0.05) is 10.8 Å². The van der Waals surface area contributed by atoms with E-state index in [0.717, 1.165) is 0 Å². The number of rotatable bonds is 4. The lowest BCUT2D eigenvalue weighted by Crippen LogP contribution is -2.17. The summed E-state index contributed by atoms with van der Waals surface area (Å²) in [7, 11) is 0. The Morgan fingerprint density at radius 1 is 0.267 bits per heavy atom. The molecule has 12 rings (SSSR count). The van der Waals surface area contributed by atoms with E-state index in [2.05, 4.69) is 222 Å². The van der Waals surface area contributed by atoms with Crippen molar-refractivity contribution in [2.45, 2.75) is 38.5 Å². The maximum absolute atomic E-state index is 2.51. The van der Waals surface area contributed by atoms with Gasteiger partial charge in [0.2, 0.25) is 0 Å². The molecule has 60 heavy (non-hydrogen) atoms. The molecule has 0 amide bonds. The van der Waals surface area contributed by atoms with Crippen molar-refractivity contribution in [3.8, 4) is 66.8 Å². The van der Waals surface area contributed by atoms with E-state index in [1.54, 1.807) is 0 Å². The van der Waals surface area contributed by atoms with Crippen molar-refractivity contribution in [3.63, 3.8) is 0 Å². The second-order valence-corrected chi connectivity index (χ2v) is 18.0. The fourth-order valence-corrected chi connectivity index (χ4v) is 11.0. The Bertz CT molecular complexity index is 3400. The maximum Gasteiger partial charge on any atom is 0.0159 e. The van der Waals surface area contributed by atoms with Gasteiger partial charge in [-0.15, -0.1) is 0 Å². The van der Waals surface area contributed by atoms with E-state index in [1.807, 2.05) is 0 Å². The van der Waals surface area contributed by atoms with Crippen LogP contribution in [0.5, 0.6) is 0 Å². The van der Waals surface area contributed by atoms with Gasteiger partial charge in [-0.25, -0.2) is 0 Å². The van der Waals surface area contributed by atoms with Gasteiger partial charge in [-0.3, -0.25) is 0 Å². The fourth-order valence-electron chi connectivity index (χ4n) is 11.0. The third-order valence-corrected chi connectivity index (χ3v) is 14.1. The number of hydrogen-bond acceptors (Lipinski definition) is 0. The molecular formula is C60H44. The van der Waals surface area contributed by atoms with Crippen LogP contribution in [-0.4, -0.2) is 0 Å². The Morgan fingerprint density at radius 3 is 1.52 bits per heavy atom. The zero-order valence-corrected chi connectivity index (χ0v) is 34.5. The predicted molar refractivity (Wildman–Crippen MR) is 256 cm³/mol. The van der Waals surface area contributed by atoms with Crippen LogP contribution in [0.4, 0.5) is 0 Å². The van der Waals surface area contributed by atoms with Crippen molar-refractivity contribution in [1.29, 1.82) is 0 Å². The molecule has 0 aliphatic heterocycles. The second kappa shape index (κ2) is 12.7. The van der Waals surface area contributed by atoms with Crippen molar-refractivity contribution in [3.05, 3.63) is 216 Å². The zero-order chi connectivity index (χ0) is 40.3. The van der Waals surface area contributed by atoms with Crippen LogP contribution in [0.25, 0.3) is 99.1 Å². The van der Waals surface area contributed by atoms with Gasteiger partial charge in [0.05, 0.1) is 0 Å². The molecule has 0 aromatic heterocycles. The molecular weight excluding hydrogens is 721 g/mol. The minimum Gasteiger partial charge on any atom is -0.0622 e. The largest absolute Gasteiger partial charge is 0.0622 e. The minimum atomic E-state index is -0.112. The van der Waals surface area contributed by atoms with E-state index in [0.29, 0.717) is 0 Å². The zero-order valence-electron chi connectivity index (χ0n) is 34.5. The van der Waals surface area contributed by atoms with Crippen LogP contribution in [0.15, 0.2) is 194 Å². The van der Waals surface area contributed by atoms with Crippen LogP contribution in [-0.2, 0) is 10.8 Å². The standard InChI is InChI=1S/C60H44/c1-59(2)52-25-15-14-21-44(52)50-35-55-51(36-54(50)59)45-32-31-41(34-53(45)60(55,3)4)37-26-28-40(29-27-37)56-47-23-12-13-24-48(47)58(57-43-20-9-8-18-39(43)30-33-49(56)57)46-22-11-10-19-42(46)38-16-6-5-7-17-38/h5-36H,1-4H3. The molecule has 0 N–H and O–H groups in total. The van der Waals surface area contributed by atoms with Crippen molar-refractivity contribution < 1.29 is 0 Å². The SMILES string of the molecule is CC1(C)c2ccccc2-c2cc3c(cc21)-c1ccc(-c2ccc(-c4c5ccccc5c(-c5ccccc5-c5ccccc5)c5c4ccc4ccccc45)cc2)cc1C3(C)C. The Labute approximate surface area is 352 Å². The average molecular weight is 765 g/mol. The van der Waals surface area contributed by atoms with Gasteiger partial charge in [-0.05, 0) is 140 Å². The third kappa shape index (κ3) is 4.91. The number of hydrogen-bond donors (Lipinski definition) is 0. The van der Waals surface area contributed by atoms with Gasteiger partial charge in [-0.1, -0.05) is 204 Å². The summed E-state index contributed by atoms with van der Waals surface area (Å²) >= 11 is 0. The first kappa shape index (κ1) is 35.0. The summed E-state index contributed by atoms with van der Waals surface area (Å²) in [5.41, 5.74) is 21.1. The molecule has 2 aliphatic carbocycles. The van der Waals surface area contributed by atoms with Gasteiger partial charge in [0.15, 0.2) is 0 Å². The highest BCUT2D eigenvalue weighted by atomic mass is 14.4. The topological polar surface area (TPSA) is 0 Å². The molecule has 10 aromatic rings. The summed E-state index contributed by atoms with van der Waals surface area (Å²) in [5, 5.41) is 7.62. The maximum atomic E-state index is 2.51. The monoisotopic (exact) mass is 764 g/mol. The molecule has 0 heteroatoms. The highest BCUT2D eigenvalue weighted by molar-refractivity contribution is 6.28. The molecule has 2 aliphatic rings. The summed E-state index contributed by atoms with van der Waals surface area (Å²) in [4.78, 5) is 0. The molecule has 0 unspecified atom stereocenters. The molecule has 0 saturated heterocycles. The van der Waals surface area contributed by atoms with Crippen molar-refractivity contribution in [2.75, 3.05) is 0 Å². The first-order chi connectivity index (χ1) is 29.3. The Hall–Kier alpha value is -7.02. The Balaban J connectivity index is 1.01. The summed E-state index contributed by atoms with van der Waals surface area (Å²) in [5.74, 6) is 0. The van der Waals surface area contributed by atoms with E-state index in [9.17, 15) is 0 Å². The Kier molecular flexibility index (Phi) is 7.42. The van der Waals surface area contributed by atoms with Gasteiger partial charge >= 0.3 is 0 Å². The summed E-state index contributed by atoms with van der Waals surface area (Å²) < 4.78 is 0. The molecule has 0 bridgehead atoms. The predicted octanol–water partition coefficient (Wildman–Crippen LogP) is 16.4. The van der Waals surface area contributed by atoms with E-state index >= 15 is 0 Å². The summed E-state index contributed by atoms with van der Waals surface area (Å²) in [6.45, 7) is 9.58. The van der Waals surface area contributed by atoms with Gasteiger partial charge in [0.1, 0.15) is 0 Å². The summed E-state index contributed by atoms with van der Waals surface area (Å²) in [6, 6.07) is 72.9. The normalized spacial score (nSPS) is 14.3. The highest BCUT2D eigenvalue weighted by Crippen LogP contribution is 2.56.